The minimum atomic E-state index is -0.738. The van der Waals surface area contributed by atoms with Gasteiger partial charge in [-0.05, 0) is 19.8 Å². The topological polar surface area (TPSA) is 75.4 Å². The summed E-state index contributed by atoms with van der Waals surface area (Å²) in [7, 11) is 0. The molecule has 1 aliphatic heterocycles. The number of thiocarbonyl (C=S) groups is 1. The van der Waals surface area contributed by atoms with Crippen LogP contribution in [0.2, 0.25) is 0 Å². The van der Waals surface area contributed by atoms with Gasteiger partial charge in [0.05, 0.1) is 10.4 Å². The van der Waals surface area contributed by atoms with Crippen LogP contribution in [-0.4, -0.2) is 40.8 Å². The second kappa shape index (κ2) is 6.08. The van der Waals surface area contributed by atoms with Crippen molar-refractivity contribution < 1.29 is 9.59 Å². The van der Waals surface area contributed by atoms with Gasteiger partial charge in [0.25, 0.3) is 0 Å². The van der Waals surface area contributed by atoms with Crippen LogP contribution in [-0.2, 0) is 9.59 Å². The average molecular weight is 297 g/mol. The van der Waals surface area contributed by atoms with E-state index >= 15 is 0 Å². The summed E-state index contributed by atoms with van der Waals surface area (Å²) in [5, 5.41) is 2.78. The van der Waals surface area contributed by atoms with Crippen molar-refractivity contribution in [2.24, 2.45) is 11.1 Å². The molecule has 0 aromatic rings. The number of carbonyl (C=O) groups excluding carboxylic acids is 2. The smallest absolute Gasteiger partial charge is 0.242 e. The van der Waals surface area contributed by atoms with Gasteiger partial charge in [0.1, 0.15) is 6.04 Å². The van der Waals surface area contributed by atoms with E-state index in [1.165, 1.54) is 0 Å². The Labute approximate surface area is 125 Å². The predicted molar refractivity (Wildman–Crippen MR) is 81.1 cm³/mol. The second-order valence-corrected chi connectivity index (χ2v) is 6.27. The van der Waals surface area contributed by atoms with Crippen LogP contribution in [0.1, 0.15) is 45.4 Å². The van der Waals surface area contributed by atoms with Crippen molar-refractivity contribution >= 4 is 29.0 Å². The molecule has 2 fully saturated rings. The number of hydrogen-bond acceptors (Lipinski definition) is 3. The first-order chi connectivity index (χ1) is 9.49. The minimum Gasteiger partial charge on any atom is -0.392 e. The molecule has 0 spiro atoms. The Hall–Kier alpha value is -1.17. The van der Waals surface area contributed by atoms with Crippen LogP contribution >= 0.6 is 12.2 Å². The van der Waals surface area contributed by atoms with Crippen LogP contribution in [0, 0.1) is 5.41 Å². The van der Waals surface area contributed by atoms with Gasteiger partial charge in [-0.1, -0.05) is 37.9 Å². The van der Waals surface area contributed by atoms with Gasteiger partial charge >= 0.3 is 0 Å². The van der Waals surface area contributed by atoms with Crippen molar-refractivity contribution in [3.8, 4) is 0 Å². The maximum absolute atomic E-state index is 13.0. The van der Waals surface area contributed by atoms with Crippen molar-refractivity contribution in [1.82, 2.24) is 10.2 Å². The molecule has 0 bridgehead atoms. The Balaban J connectivity index is 2.26. The van der Waals surface area contributed by atoms with Gasteiger partial charge in [-0.25, -0.2) is 0 Å². The molecule has 2 aliphatic rings. The summed E-state index contributed by atoms with van der Waals surface area (Å²) < 4.78 is 0. The first-order valence-electron chi connectivity index (χ1n) is 7.38. The van der Waals surface area contributed by atoms with Crippen LogP contribution in [0.25, 0.3) is 0 Å². The van der Waals surface area contributed by atoms with Crippen molar-refractivity contribution in [3.63, 3.8) is 0 Å². The number of carbonyl (C=O) groups is 2. The predicted octanol–water partition coefficient (Wildman–Crippen LogP) is 0.960. The van der Waals surface area contributed by atoms with Gasteiger partial charge in [-0.15, -0.1) is 0 Å². The summed E-state index contributed by atoms with van der Waals surface area (Å²) in [6.45, 7) is 2.80. The summed E-state index contributed by atoms with van der Waals surface area (Å²) >= 11 is 5.23. The van der Waals surface area contributed by atoms with E-state index in [4.69, 9.17) is 18.0 Å². The van der Waals surface area contributed by atoms with Gasteiger partial charge < -0.3 is 16.0 Å². The van der Waals surface area contributed by atoms with E-state index in [9.17, 15) is 9.59 Å². The van der Waals surface area contributed by atoms with Crippen LogP contribution < -0.4 is 11.1 Å². The third-order valence-electron chi connectivity index (χ3n) is 4.60. The summed E-state index contributed by atoms with van der Waals surface area (Å²) in [5.41, 5.74) is 5.20. The summed E-state index contributed by atoms with van der Waals surface area (Å²) in [5.74, 6) is -0.148. The zero-order chi connectivity index (χ0) is 14.8. The monoisotopic (exact) mass is 297 g/mol. The lowest BCUT2D eigenvalue weighted by Crippen LogP contribution is -2.61. The van der Waals surface area contributed by atoms with Crippen LogP contribution in [0.4, 0.5) is 0 Å². The standard InChI is InChI=1S/C14H23N3O2S/c1-10-11(18)16-8-9-17(10)13(19)14(12(15)20)6-4-2-3-5-7-14/h10H,2-9H2,1H3,(H2,15,20)(H,16,18). The van der Waals surface area contributed by atoms with Gasteiger partial charge in [-0.3, -0.25) is 9.59 Å². The molecule has 1 saturated heterocycles. The minimum absolute atomic E-state index is 0.0470. The first kappa shape index (κ1) is 15.2. The third kappa shape index (κ3) is 2.66. The number of rotatable bonds is 2. The molecule has 2 rings (SSSR count). The number of hydrogen-bond donors (Lipinski definition) is 2. The highest BCUT2D eigenvalue weighted by Gasteiger charge is 2.46. The summed E-state index contributed by atoms with van der Waals surface area (Å²) in [4.78, 5) is 26.7. The highest BCUT2D eigenvalue weighted by atomic mass is 32.1. The van der Waals surface area contributed by atoms with E-state index in [1.807, 2.05) is 0 Å². The fraction of sp³-hybridized carbons (Fsp3) is 0.786. The molecule has 1 heterocycles. The quantitative estimate of drug-likeness (QED) is 0.588. The maximum Gasteiger partial charge on any atom is 0.242 e. The van der Waals surface area contributed by atoms with Crippen molar-refractivity contribution in [2.45, 2.75) is 51.5 Å². The van der Waals surface area contributed by atoms with Crippen molar-refractivity contribution in [3.05, 3.63) is 0 Å². The van der Waals surface area contributed by atoms with E-state index in [-0.39, 0.29) is 11.8 Å². The van der Waals surface area contributed by atoms with Crippen LogP contribution in [0.15, 0.2) is 0 Å². The zero-order valence-electron chi connectivity index (χ0n) is 12.0. The van der Waals surface area contributed by atoms with Crippen LogP contribution in [0.5, 0.6) is 0 Å². The zero-order valence-corrected chi connectivity index (χ0v) is 12.8. The van der Waals surface area contributed by atoms with Crippen molar-refractivity contribution in [2.75, 3.05) is 13.1 Å². The largest absolute Gasteiger partial charge is 0.392 e. The number of nitrogens with zero attached hydrogens (tertiary/aromatic N) is 1. The molecule has 20 heavy (non-hydrogen) atoms. The van der Waals surface area contributed by atoms with E-state index in [0.717, 1.165) is 25.7 Å². The highest BCUT2D eigenvalue weighted by Crippen LogP contribution is 2.38. The lowest BCUT2D eigenvalue weighted by molar-refractivity contribution is -0.148. The number of nitrogens with one attached hydrogen (secondary N) is 1. The molecule has 6 heteroatoms. The Morgan fingerprint density at radius 1 is 1.35 bits per heavy atom. The molecule has 0 radical (unpaired) electrons. The Morgan fingerprint density at radius 3 is 2.50 bits per heavy atom. The van der Waals surface area contributed by atoms with Crippen LogP contribution in [0.3, 0.4) is 0 Å². The molecule has 0 aromatic carbocycles. The molecule has 1 unspecified atom stereocenters. The molecule has 5 nitrogen and oxygen atoms in total. The average Bonchev–Trinajstić information content (AvgIpc) is 2.68. The SMILES string of the molecule is CC1C(=O)NCCN1C(=O)C1(C(N)=S)CCCCCC1. The molecule has 1 atom stereocenters. The maximum atomic E-state index is 13.0. The Bertz CT molecular complexity index is 417. The molecule has 1 aliphatic carbocycles. The van der Waals surface area contributed by atoms with Crippen molar-refractivity contribution in [1.29, 1.82) is 0 Å². The van der Waals surface area contributed by atoms with E-state index < -0.39 is 11.5 Å². The normalized spacial score (nSPS) is 26.6. The molecular formula is C14H23N3O2S. The highest BCUT2D eigenvalue weighted by molar-refractivity contribution is 7.80. The molecular weight excluding hydrogens is 274 g/mol. The summed E-state index contributed by atoms with van der Waals surface area (Å²) in [6, 6.07) is -0.439. The fourth-order valence-electron chi connectivity index (χ4n) is 3.23. The Kier molecular flexibility index (Phi) is 4.62. The van der Waals surface area contributed by atoms with E-state index in [0.29, 0.717) is 30.9 Å². The van der Waals surface area contributed by atoms with Gasteiger partial charge in [0.2, 0.25) is 11.8 Å². The van der Waals surface area contributed by atoms with E-state index in [1.54, 1.807) is 11.8 Å². The first-order valence-corrected chi connectivity index (χ1v) is 7.78. The van der Waals surface area contributed by atoms with E-state index in [2.05, 4.69) is 5.32 Å². The number of amides is 2. The molecule has 1 saturated carbocycles. The number of nitrogens with two attached hydrogens (primary N) is 1. The van der Waals surface area contributed by atoms with Gasteiger partial charge in [0, 0.05) is 13.1 Å². The summed E-state index contributed by atoms with van der Waals surface area (Å²) in [6.07, 6.45) is 5.61. The molecule has 0 aromatic heterocycles. The molecule has 3 N–H and O–H groups in total. The second-order valence-electron chi connectivity index (χ2n) is 5.83. The lowest BCUT2D eigenvalue weighted by atomic mass is 9.78. The molecule has 2 amide bonds. The Morgan fingerprint density at radius 2 is 1.95 bits per heavy atom. The molecule has 112 valence electrons. The fourth-order valence-corrected chi connectivity index (χ4v) is 3.52. The van der Waals surface area contributed by atoms with Gasteiger partial charge in [0.15, 0.2) is 0 Å². The third-order valence-corrected chi connectivity index (χ3v) is 4.99. The van der Waals surface area contributed by atoms with Gasteiger partial charge in [-0.2, -0.15) is 0 Å². The lowest BCUT2D eigenvalue weighted by Gasteiger charge is -2.40. The number of piperazine rings is 1.